The Morgan fingerprint density at radius 1 is 1.35 bits per heavy atom. The van der Waals surface area contributed by atoms with E-state index in [9.17, 15) is 0 Å². The Labute approximate surface area is 110 Å². The number of aromatic nitrogens is 2. The quantitative estimate of drug-likeness (QED) is 0.879. The van der Waals surface area contributed by atoms with Gasteiger partial charge in [-0.15, -0.1) is 0 Å². The van der Waals surface area contributed by atoms with E-state index in [2.05, 4.69) is 31.2 Å². The molecule has 0 fully saturated rings. The first kappa shape index (κ1) is 14.5. The molecular formula is C13H24ClN3. The highest BCUT2D eigenvalue weighted by Gasteiger charge is 2.22. The second-order valence-corrected chi connectivity index (χ2v) is 5.54. The van der Waals surface area contributed by atoms with Gasteiger partial charge < -0.3 is 5.32 Å². The summed E-state index contributed by atoms with van der Waals surface area (Å²) in [6.45, 7) is 8.82. The lowest BCUT2D eigenvalue weighted by Gasteiger charge is -2.26. The molecule has 0 saturated carbocycles. The van der Waals surface area contributed by atoms with E-state index in [0.29, 0.717) is 17.9 Å². The molecule has 98 valence electrons. The van der Waals surface area contributed by atoms with Gasteiger partial charge in [-0.1, -0.05) is 32.4 Å². The van der Waals surface area contributed by atoms with E-state index in [1.165, 1.54) is 5.56 Å². The first-order chi connectivity index (χ1) is 7.88. The molecule has 0 aromatic carbocycles. The minimum Gasteiger partial charge on any atom is -0.316 e. The smallest absolute Gasteiger partial charge is 0.130 e. The first-order valence-corrected chi connectivity index (χ1v) is 6.61. The number of nitrogens with one attached hydrogen (secondary N) is 1. The van der Waals surface area contributed by atoms with Crippen LogP contribution in [-0.4, -0.2) is 22.9 Å². The predicted octanol–water partition coefficient (Wildman–Crippen LogP) is 2.80. The maximum atomic E-state index is 6.27. The van der Waals surface area contributed by atoms with Gasteiger partial charge in [0.1, 0.15) is 5.15 Å². The Hall–Kier alpha value is -0.540. The normalized spacial score (nSPS) is 15.3. The Bertz CT molecular complexity index is 371. The van der Waals surface area contributed by atoms with Crippen LogP contribution in [0.25, 0.3) is 0 Å². The molecule has 0 bridgehead atoms. The molecule has 1 N–H and O–H groups in total. The van der Waals surface area contributed by atoms with Gasteiger partial charge in [0.25, 0.3) is 0 Å². The Morgan fingerprint density at radius 2 is 1.94 bits per heavy atom. The second-order valence-electron chi connectivity index (χ2n) is 5.18. The van der Waals surface area contributed by atoms with Gasteiger partial charge in [-0.3, -0.25) is 4.68 Å². The second kappa shape index (κ2) is 5.87. The van der Waals surface area contributed by atoms with Gasteiger partial charge in [0.15, 0.2) is 0 Å². The minimum atomic E-state index is 0.440. The first-order valence-electron chi connectivity index (χ1n) is 6.23. The van der Waals surface area contributed by atoms with Crippen LogP contribution in [0.2, 0.25) is 5.15 Å². The zero-order valence-electron chi connectivity index (χ0n) is 11.7. The zero-order valence-corrected chi connectivity index (χ0v) is 12.5. The molecule has 2 unspecified atom stereocenters. The summed E-state index contributed by atoms with van der Waals surface area (Å²) >= 11 is 6.27. The third kappa shape index (κ3) is 3.23. The lowest BCUT2D eigenvalue weighted by molar-refractivity contribution is 0.309. The van der Waals surface area contributed by atoms with E-state index in [4.69, 9.17) is 11.6 Å². The highest BCUT2D eigenvalue weighted by molar-refractivity contribution is 6.30. The number of likely N-dealkylation sites (N-methyl/N-ethyl adjacent to an activating group) is 1. The van der Waals surface area contributed by atoms with Gasteiger partial charge in [0, 0.05) is 18.7 Å². The van der Waals surface area contributed by atoms with Gasteiger partial charge in [-0.25, -0.2) is 0 Å². The van der Waals surface area contributed by atoms with Gasteiger partial charge in [0.2, 0.25) is 0 Å². The zero-order chi connectivity index (χ0) is 13.2. The number of hydrogen-bond donors (Lipinski definition) is 1. The average molecular weight is 258 g/mol. The molecule has 1 rings (SSSR count). The third-order valence-corrected chi connectivity index (χ3v) is 4.22. The highest BCUT2D eigenvalue weighted by Crippen LogP contribution is 2.24. The molecule has 1 aromatic heterocycles. The van der Waals surface area contributed by atoms with Crippen LogP contribution in [0.15, 0.2) is 0 Å². The number of nitrogens with zero attached hydrogens (tertiary/aromatic N) is 2. The van der Waals surface area contributed by atoms with Crippen LogP contribution in [0.4, 0.5) is 0 Å². The molecular weight excluding hydrogens is 234 g/mol. The number of aryl methyl sites for hydroxylation is 2. The Balaban J connectivity index is 2.88. The molecule has 0 aliphatic heterocycles. The number of hydrogen-bond acceptors (Lipinski definition) is 2. The van der Waals surface area contributed by atoms with Crippen molar-refractivity contribution in [3.63, 3.8) is 0 Å². The summed E-state index contributed by atoms with van der Waals surface area (Å²) in [7, 11) is 3.91. The van der Waals surface area contributed by atoms with Crippen LogP contribution in [0.1, 0.15) is 32.0 Å². The van der Waals surface area contributed by atoms with Crippen LogP contribution < -0.4 is 5.32 Å². The topological polar surface area (TPSA) is 29.9 Å². The SMILES string of the molecule is CNC(Cc1c(C)nn(C)c1Cl)C(C)C(C)C. The largest absolute Gasteiger partial charge is 0.316 e. The summed E-state index contributed by atoms with van der Waals surface area (Å²) in [5, 5.41) is 8.52. The maximum Gasteiger partial charge on any atom is 0.130 e. The van der Waals surface area contributed by atoms with Crippen LogP contribution in [-0.2, 0) is 13.5 Å². The summed E-state index contributed by atoms with van der Waals surface area (Å²) < 4.78 is 1.75. The van der Waals surface area contributed by atoms with E-state index in [-0.39, 0.29) is 0 Å². The van der Waals surface area contributed by atoms with Crippen molar-refractivity contribution in [3.05, 3.63) is 16.4 Å². The van der Waals surface area contributed by atoms with Crippen LogP contribution in [0.5, 0.6) is 0 Å². The molecule has 0 aliphatic rings. The highest BCUT2D eigenvalue weighted by atomic mass is 35.5. The summed E-state index contributed by atoms with van der Waals surface area (Å²) in [5.41, 5.74) is 2.20. The Kier molecular flexibility index (Phi) is 5.02. The van der Waals surface area contributed by atoms with Gasteiger partial charge in [-0.05, 0) is 32.2 Å². The molecule has 3 nitrogen and oxygen atoms in total. The molecule has 0 aliphatic carbocycles. The third-order valence-electron chi connectivity index (χ3n) is 3.75. The van der Waals surface area contributed by atoms with Crippen molar-refractivity contribution in [3.8, 4) is 0 Å². The van der Waals surface area contributed by atoms with Crippen molar-refractivity contribution < 1.29 is 0 Å². The predicted molar refractivity (Wildman–Crippen MR) is 73.5 cm³/mol. The van der Waals surface area contributed by atoms with E-state index < -0.39 is 0 Å². The minimum absolute atomic E-state index is 0.440. The standard InChI is InChI=1S/C13H24ClN3/c1-8(2)9(3)12(15-5)7-11-10(4)16-17(6)13(11)14/h8-9,12,15H,7H2,1-6H3. The lowest BCUT2D eigenvalue weighted by Crippen LogP contribution is -2.36. The van der Waals surface area contributed by atoms with Gasteiger partial charge in [-0.2, -0.15) is 5.10 Å². The molecule has 2 atom stereocenters. The van der Waals surface area contributed by atoms with E-state index in [0.717, 1.165) is 17.3 Å². The van der Waals surface area contributed by atoms with E-state index in [1.807, 2.05) is 21.0 Å². The van der Waals surface area contributed by atoms with Crippen molar-refractivity contribution in [2.24, 2.45) is 18.9 Å². The van der Waals surface area contributed by atoms with Crippen molar-refractivity contribution >= 4 is 11.6 Å². The summed E-state index contributed by atoms with van der Waals surface area (Å²) in [5.74, 6) is 1.26. The summed E-state index contributed by atoms with van der Waals surface area (Å²) in [4.78, 5) is 0. The summed E-state index contributed by atoms with van der Waals surface area (Å²) in [6.07, 6.45) is 0.939. The molecule has 1 heterocycles. The molecule has 0 radical (unpaired) electrons. The van der Waals surface area contributed by atoms with Crippen molar-refractivity contribution in [1.29, 1.82) is 0 Å². The number of rotatable bonds is 5. The molecule has 17 heavy (non-hydrogen) atoms. The monoisotopic (exact) mass is 257 g/mol. The van der Waals surface area contributed by atoms with E-state index in [1.54, 1.807) is 4.68 Å². The fourth-order valence-corrected chi connectivity index (χ4v) is 2.39. The molecule has 4 heteroatoms. The fraction of sp³-hybridized carbons (Fsp3) is 0.769. The van der Waals surface area contributed by atoms with Crippen LogP contribution >= 0.6 is 11.6 Å². The molecule has 0 saturated heterocycles. The van der Waals surface area contributed by atoms with Crippen molar-refractivity contribution in [2.75, 3.05) is 7.05 Å². The molecule has 0 amide bonds. The lowest BCUT2D eigenvalue weighted by atomic mass is 9.87. The molecule has 1 aromatic rings. The maximum absolute atomic E-state index is 6.27. The Morgan fingerprint density at radius 3 is 2.29 bits per heavy atom. The summed E-state index contributed by atoms with van der Waals surface area (Å²) in [6, 6.07) is 0.440. The van der Waals surface area contributed by atoms with Gasteiger partial charge in [0.05, 0.1) is 5.69 Å². The fourth-order valence-electron chi connectivity index (χ4n) is 2.14. The number of halogens is 1. The van der Waals surface area contributed by atoms with E-state index >= 15 is 0 Å². The average Bonchev–Trinajstić information content (AvgIpc) is 2.50. The van der Waals surface area contributed by atoms with Crippen molar-refractivity contribution in [1.82, 2.24) is 15.1 Å². The van der Waals surface area contributed by atoms with Crippen LogP contribution in [0.3, 0.4) is 0 Å². The van der Waals surface area contributed by atoms with Crippen molar-refractivity contribution in [2.45, 2.75) is 40.2 Å². The van der Waals surface area contributed by atoms with Gasteiger partial charge >= 0.3 is 0 Å². The molecule has 0 spiro atoms. The van der Waals surface area contributed by atoms with Crippen LogP contribution in [0, 0.1) is 18.8 Å².